The van der Waals surface area contributed by atoms with Crippen molar-refractivity contribution >= 4 is 6.09 Å². The molecule has 2 aliphatic heterocycles. The van der Waals surface area contributed by atoms with Gasteiger partial charge in [-0.2, -0.15) is 0 Å². The largest absolute Gasteiger partial charge is 0.444 e. The van der Waals surface area contributed by atoms with Crippen molar-refractivity contribution in [2.24, 2.45) is 0 Å². The number of nitrogens with zero attached hydrogens (tertiary/aromatic N) is 1. The van der Waals surface area contributed by atoms with E-state index in [1.165, 1.54) is 4.90 Å². The van der Waals surface area contributed by atoms with Crippen LogP contribution < -0.4 is 0 Å². The molecule has 0 radical (unpaired) electrons. The molecule has 0 aromatic heterocycles. The zero-order valence-electron chi connectivity index (χ0n) is 11.7. The predicted molar refractivity (Wildman–Crippen MR) is 65.3 cm³/mol. The molecule has 1 unspecified atom stereocenters. The third kappa shape index (κ3) is 3.55. The van der Waals surface area contributed by atoms with Gasteiger partial charge in [-0.15, -0.1) is 0 Å². The maximum atomic E-state index is 13.3. The maximum Gasteiger partial charge on any atom is 0.410 e. The average Bonchev–Trinajstić information content (AvgIpc) is 2.52. The molecule has 0 bridgehead atoms. The number of piperidine rings is 1. The zero-order valence-corrected chi connectivity index (χ0v) is 11.7. The third-order valence-corrected chi connectivity index (χ3v) is 3.36. The van der Waals surface area contributed by atoms with E-state index in [9.17, 15) is 13.6 Å². The van der Waals surface area contributed by atoms with Gasteiger partial charge in [0, 0.05) is 13.0 Å². The van der Waals surface area contributed by atoms with Crippen LogP contribution in [-0.2, 0) is 9.47 Å². The standard InChI is InChI=1S/C13H21F2NO3/c1-11(2,3)19-10(17)16-6-4-5-12(8-16)7-13(14,15)9-18-12/h4-9H2,1-3H3. The molecule has 0 N–H and O–H groups in total. The van der Waals surface area contributed by atoms with Crippen molar-refractivity contribution in [3.05, 3.63) is 0 Å². The van der Waals surface area contributed by atoms with Crippen molar-refractivity contribution in [2.45, 2.75) is 57.2 Å². The first-order chi connectivity index (χ1) is 8.61. The molecule has 2 aliphatic rings. The van der Waals surface area contributed by atoms with Crippen LogP contribution in [0.15, 0.2) is 0 Å². The van der Waals surface area contributed by atoms with E-state index in [0.29, 0.717) is 19.4 Å². The van der Waals surface area contributed by atoms with Crippen LogP contribution in [0.2, 0.25) is 0 Å². The SMILES string of the molecule is CC(C)(C)OC(=O)N1CCCC2(C1)CC(F)(F)CO2. The highest BCUT2D eigenvalue weighted by molar-refractivity contribution is 5.68. The Kier molecular flexibility index (Phi) is 3.49. The number of rotatable bonds is 0. The zero-order chi connectivity index (χ0) is 14.3. The minimum Gasteiger partial charge on any atom is -0.444 e. The van der Waals surface area contributed by atoms with Crippen molar-refractivity contribution in [3.8, 4) is 0 Å². The highest BCUT2D eigenvalue weighted by Gasteiger charge is 2.53. The fourth-order valence-corrected chi connectivity index (χ4v) is 2.67. The number of likely N-dealkylation sites (tertiary alicyclic amines) is 1. The van der Waals surface area contributed by atoms with Gasteiger partial charge in [-0.1, -0.05) is 0 Å². The molecular formula is C13H21F2NO3. The number of ether oxygens (including phenoxy) is 2. The Bertz CT molecular complexity index is 367. The lowest BCUT2D eigenvalue weighted by molar-refractivity contribution is -0.0607. The Hall–Kier alpha value is -0.910. The number of carbonyl (C=O) groups is 1. The van der Waals surface area contributed by atoms with E-state index >= 15 is 0 Å². The van der Waals surface area contributed by atoms with Crippen LogP contribution in [0, 0.1) is 0 Å². The van der Waals surface area contributed by atoms with E-state index in [4.69, 9.17) is 9.47 Å². The van der Waals surface area contributed by atoms with Gasteiger partial charge < -0.3 is 14.4 Å². The van der Waals surface area contributed by atoms with Crippen LogP contribution in [0.5, 0.6) is 0 Å². The smallest absolute Gasteiger partial charge is 0.410 e. The van der Waals surface area contributed by atoms with Gasteiger partial charge in [0.15, 0.2) is 0 Å². The molecule has 2 rings (SSSR count). The summed E-state index contributed by atoms with van der Waals surface area (Å²) in [5.74, 6) is -2.78. The highest BCUT2D eigenvalue weighted by atomic mass is 19.3. The molecule has 0 aromatic carbocycles. The Morgan fingerprint density at radius 3 is 2.58 bits per heavy atom. The lowest BCUT2D eigenvalue weighted by atomic mass is 9.89. The van der Waals surface area contributed by atoms with E-state index < -0.39 is 29.8 Å². The molecule has 0 saturated carbocycles. The number of hydrogen-bond donors (Lipinski definition) is 0. The summed E-state index contributed by atoms with van der Waals surface area (Å²) in [5.41, 5.74) is -1.47. The summed E-state index contributed by atoms with van der Waals surface area (Å²) in [4.78, 5) is 13.5. The molecule has 110 valence electrons. The number of halogens is 2. The van der Waals surface area contributed by atoms with Crippen molar-refractivity contribution in [3.63, 3.8) is 0 Å². The fourth-order valence-electron chi connectivity index (χ4n) is 2.67. The molecule has 2 fully saturated rings. The molecule has 1 atom stereocenters. The first kappa shape index (κ1) is 14.5. The van der Waals surface area contributed by atoms with Crippen molar-refractivity contribution in [2.75, 3.05) is 19.7 Å². The number of amides is 1. The van der Waals surface area contributed by atoms with Crippen LogP contribution in [0.1, 0.15) is 40.0 Å². The fraction of sp³-hybridized carbons (Fsp3) is 0.923. The van der Waals surface area contributed by atoms with Gasteiger partial charge >= 0.3 is 6.09 Å². The monoisotopic (exact) mass is 277 g/mol. The van der Waals surface area contributed by atoms with Crippen LogP contribution in [0.25, 0.3) is 0 Å². The molecule has 1 amide bonds. The summed E-state index contributed by atoms with van der Waals surface area (Å²) in [6.07, 6.45) is 0.474. The molecule has 4 nitrogen and oxygen atoms in total. The van der Waals surface area contributed by atoms with E-state index in [1.54, 1.807) is 20.8 Å². The maximum absolute atomic E-state index is 13.3. The lowest BCUT2D eigenvalue weighted by Gasteiger charge is -2.39. The minimum absolute atomic E-state index is 0.192. The summed E-state index contributed by atoms with van der Waals surface area (Å²) in [5, 5.41) is 0. The van der Waals surface area contributed by atoms with Crippen molar-refractivity contribution < 1.29 is 23.0 Å². The van der Waals surface area contributed by atoms with Gasteiger partial charge in [-0.05, 0) is 33.6 Å². The van der Waals surface area contributed by atoms with Gasteiger partial charge in [-0.3, -0.25) is 0 Å². The van der Waals surface area contributed by atoms with E-state index in [-0.39, 0.29) is 13.0 Å². The van der Waals surface area contributed by atoms with Gasteiger partial charge in [-0.25, -0.2) is 13.6 Å². The molecule has 2 heterocycles. The van der Waals surface area contributed by atoms with E-state index in [2.05, 4.69) is 0 Å². The summed E-state index contributed by atoms with van der Waals surface area (Å²) in [7, 11) is 0. The van der Waals surface area contributed by atoms with Gasteiger partial charge in [0.05, 0.1) is 12.1 Å². The van der Waals surface area contributed by atoms with Gasteiger partial charge in [0.1, 0.15) is 12.2 Å². The Labute approximate surface area is 112 Å². The summed E-state index contributed by atoms with van der Waals surface area (Å²) < 4.78 is 37.2. The molecule has 1 spiro atoms. The van der Waals surface area contributed by atoms with Crippen LogP contribution in [0.3, 0.4) is 0 Å². The Morgan fingerprint density at radius 2 is 2.05 bits per heavy atom. The summed E-state index contributed by atoms with van der Waals surface area (Å²) >= 11 is 0. The average molecular weight is 277 g/mol. The molecular weight excluding hydrogens is 256 g/mol. The van der Waals surface area contributed by atoms with Gasteiger partial charge in [0.25, 0.3) is 5.92 Å². The molecule has 0 aliphatic carbocycles. The minimum atomic E-state index is -2.78. The predicted octanol–water partition coefficient (Wildman–Crippen LogP) is 2.81. The number of hydrogen-bond acceptors (Lipinski definition) is 3. The molecule has 0 aromatic rings. The van der Waals surface area contributed by atoms with E-state index in [0.717, 1.165) is 0 Å². The van der Waals surface area contributed by atoms with Crippen molar-refractivity contribution in [1.29, 1.82) is 0 Å². The second kappa shape index (κ2) is 4.58. The quantitative estimate of drug-likeness (QED) is 0.683. The highest BCUT2D eigenvalue weighted by Crippen LogP contribution is 2.42. The Balaban J connectivity index is 2.00. The van der Waals surface area contributed by atoms with Crippen LogP contribution >= 0.6 is 0 Å². The first-order valence-electron chi connectivity index (χ1n) is 6.61. The van der Waals surface area contributed by atoms with Gasteiger partial charge in [0.2, 0.25) is 0 Å². The number of carbonyl (C=O) groups excluding carboxylic acids is 1. The normalized spacial score (nSPS) is 30.7. The first-order valence-corrected chi connectivity index (χ1v) is 6.61. The second-order valence-corrected chi connectivity index (χ2v) is 6.51. The van der Waals surface area contributed by atoms with Crippen LogP contribution in [0.4, 0.5) is 13.6 Å². The van der Waals surface area contributed by atoms with E-state index in [1.807, 2.05) is 0 Å². The third-order valence-electron chi connectivity index (χ3n) is 3.36. The second-order valence-electron chi connectivity index (χ2n) is 6.51. The summed E-state index contributed by atoms with van der Waals surface area (Å²) in [6, 6.07) is 0. The topological polar surface area (TPSA) is 38.8 Å². The molecule has 19 heavy (non-hydrogen) atoms. The molecule has 6 heteroatoms. The molecule has 2 saturated heterocycles. The van der Waals surface area contributed by atoms with Crippen molar-refractivity contribution in [1.82, 2.24) is 4.90 Å². The summed E-state index contributed by atoms with van der Waals surface area (Å²) in [6.45, 7) is 5.53. The van der Waals surface area contributed by atoms with Crippen LogP contribution in [-0.4, -0.2) is 47.8 Å². The lowest BCUT2D eigenvalue weighted by Crippen LogP contribution is -2.51. The number of alkyl halides is 2. The Morgan fingerprint density at radius 1 is 1.37 bits per heavy atom.